The van der Waals surface area contributed by atoms with Gasteiger partial charge in [-0.05, 0) is 130 Å². The van der Waals surface area contributed by atoms with Crippen LogP contribution in [-0.4, -0.2) is 11.6 Å². The summed E-state index contributed by atoms with van der Waals surface area (Å²) in [6.45, 7) is 17.5. The maximum atomic E-state index is 13.6. The number of allylic oxidation sites excluding steroid dienone is 12. The van der Waals surface area contributed by atoms with Crippen molar-refractivity contribution in [3.8, 4) is 0 Å². The number of hydrogen-bond acceptors (Lipinski definition) is 2. The third kappa shape index (κ3) is 7.45. The third-order valence-corrected chi connectivity index (χ3v) is 9.40. The predicted octanol–water partition coefficient (Wildman–Crippen LogP) is 9.70. The highest BCUT2D eigenvalue weighted by atomic mass is 16.2. The van der Waals surface area contributed by atoms with Crippen molar-refractivity contribution in [3.05, 3.63) is 69.9 Å². The van der Waals surface area contributed by atoms with E-state index in [1.807, 2.05) is 0 Å². The van der Waals surface area contributed by atoms with E-state index in [0.29, 0.717) is 5.92 Å². The maximum absolute atomic E-state index is 13.6. The van der Waals surface area contributed by atoms with E-state index in [0.717, 1.165) is 51.4 Å². The summed E-state index contributed by atoms with van der Waals surface area (Å²) in [7, 11) is 0. The highest BCUT2D eigenvalue weighted by molar-refractivity contribution is 6.39. The molecule has 38 heavy (non-hydrogen) atoms. The standard InChI is InChI=1S/C36H52O2/c1-23(2)11-9-13-25(5)15-19-29-27(7)18-22-32-33(29)31-21-17-28(8)30(34(31)36(38)35(32)37)20-16-26(6)14-10-12-24(3)4/h11-12,15-18,29-34H,9-10,13-14,19-22H2,1-8H3/b25-15+,26-16+. The van der Waals surface area contributed by atoms with Crippen molar-refractivity contribution in [2.45, 2.75) is 107 Å². The van der Waals surface area contributed by atoms with E-state index in [9.17, 15) is 9.59 Å². The van der Waals surface area contributed by atoms with Gasteiger partial charge in [0, 0.05) is 11.8 Å². The second-order valence-corrected chi connectivity index (χ2v) is 12.9. The minimum absolute atomic E-state index is 0.0792. The van der Waals surface area contributed by atoms with Crippen LogP contribution in [0.5, 0.6) is 0 Å². The van der Waals surface area contributed by atoms with Gasteiger partial charge in [-0.2, -0.15) is 0 Å². The summed E-state index contributed by atoms with van der Waals surface area (Å²) < 4.78 is 0. The Labute approximate surface area is 233 Å². The Morgan fingerprint density at radius 1 is 0.711 bits per heavy atom. The van der Waals surface area contributed by atoms with Crippen molar-refractivity contribution < 1.29 is 9.59 Å². The van der Waals surface area contributed by atoms with Crippen LogP contribution in [0.15, 0.2) is 69.9 Å². The zero-order chi connectivity index (χ0) is 28.0. The number of rotatable bonds is 10. The van der Waals surface area contributed by atoms with Crippen LogP contribution in [0, 0.1) is 35.5 Å². The molecule has 0 aliphatic heterocycles. The van der Waals surface area contributed by atoms with Gasteiger partial charge in [0.1, 0.15) is 0 Å². The molecule has 0 aromatic rings. The molecular formula is C36H52O2. The Bertz CT molecular complexity index is 1060. The van der Waals surface area contributed by atoms with E-state index in [4.69, 9.17) is 0 Å². The number of fused-ring (bicyclic) bond motifs is 3. The number of hydrogen-bond donors (Lipinski definition) is 0. The molecule has 0 heterocycles. The Kier molecular flexibility index (Phi) is 10.9. The maximum Gasteiger partial charge on any atom is 0.202 e. The van der Waals surface area contributed by atoms with Gasteiger partial charge >= 0.3 is 0 Å². The number of carbonyl (C=O) groups is 2. The van der Waals surface area contributed by atoms with Crippen molar-refractivity contribution in [2.24, 2.45) is 35.5 Å². The normalized spacial score (nSPS) is 29.7. The van der Waals surface area contributed by atoms with Gasteiger partial charge in [-0.3, -0.25) is 9.59 Å². The van der Waals surface area contributed by atoms with Crippen LogP contribution in [0.2, 0.25) is 0 Å². The van der Waals surface area contributed by atoms with E-state index in [1.165, 1.54) is 33.4 Å². The first-order chi connectivity index (χ1) is 18.0. The highest BCUT2D eigenvalue weighted by Gasteiger charge is 2.55. The average Bonchev–Trinajstić information content (AvgIpc) is 2.85. The molecule has 208 valence electrons. The minimum atomic E-state index is -0.160. The van der Waals surface area contributed by atoms with E-state index in [1.54, 1.807) is 0 Å². The summed E-state index contributed by atoms with van der Waals surface area (Å²) in [4.78, 5) is 27.2. The monoisotopic (exact) mass is 516 g/mol. The van der Waals surface area contributed by atoms with Gasteiger partial charge in [0.15, 0.2) is 0 Å². The molecule has 0 radical (unpaired) electrons. The van der Waals surface area contributed by atoms with Crippen molar-refractivity contribution in [1.29, 1.82) is 0 Å². The first kappa shape index (κ1) is 30.3. The van der Waals surface area contributed by atoms with Crippen LogP contribution in [0.4, 0.5) is 0 Å². The molecule has 0 aromatic carbocycles. The molecular weight excluding hydrogens is 464 g/mol. The minimum Gasteiger partial charge on any atom is -0.291 e. The molecule has 0 amide bonds. The van der Waals surface area contributed by atoms with Crippen molar-refractivity contribution in [3.63, 3.8) is 0 Å². The highest BCUT2D eigenvalue weighted by Crippen LogP contribution is 2.54. The summed E-state index contributed by atoms with van der Waals surface area (Å²) in [5.41, 5.74) is 8.26. The largest absolute Gasteiger partial charge is 0.291 e. The fourth-order valence-corrected chi connectivity index (χ4v) is 7.12. The summed E-state index contributed by atoms with van der Waals surface area (Å²) in [6, 6.07) is 0. The molecule has 0 spiro atoms. The van der Waals surface area contributed by atoms with Gasteiger partial charge in [0.2, 0.25) is 11.6 Å². The molecule has 3 aliphatic rings. The van der Waals surface area contributed by atoms with E-state index in [-0.39, 0.29) is 41.2 Å². The van der Waals surface area contributed by atoms with Crippen LogP contribution < -0.4 is 0 Å². The van der Waals surface area contributed by atoms with Crippen LogP contribution in [-0.2, 0) is 9.59 Å². The van der Waals surface area contributed by atoms with Crippen molar-refractivity contribution in [2.75, 3.05) is 0 Å². The zero-order valence-electron chi connectivity index (χ0n) is 25.4. The molecule has 6 unspecified atom stereocenters. The van der Waals surface area contributed by atoms with Gasteiger partial charge in [-0.1, -0.05) is 69.9 Å². The van der Waals surface area contributed by atoms with Crippen LogP contribution >= 0.6 is 0 Å². The molecule has 3 aliphatic carbocycles. The lowest BCUT2D eigenvalue weighted by Crippen LogP contribution is -2.54. The Morgan fingerprint density at radius 2 is 1.21 bits per heavy atom. The Balaban J connectivity index is 1.83. The number of ketones is 2. The molecule has 0 bridgehead atoms. The molecule has 2 nitrogen and oxygen atoms in total. The molecule has 0 N–H and O–H groups in total. The van der Waals surface area contributed by atoms with Crippen molar-refractivity contribution >= 4 is 11.6 Å². The lowest BCUT2D eigenvalue weighted by molar-refractivity contribution is -0.152. The Hall–Kier alpha value is -2.22. The van der Waals surface area contributed by atoms with Gasteiger partial charge in [-0.15, -0.1) is 0 Å². The van der Waals surface area contributed by atoms with Crippen LogP contribution in [0.1, 0.15) is 107 Å². The number of Topliss-reactive ketones (excluding diaryl/α,β-unsaturated/α-hetero) is 2. The van der Waals surface area contributed by atoms with E-state index >= 15 is 0 Å². The lowest BCUT2D eigenvalue weighted by atomic mass is 9.51. The molecule has 0 saturated heterocycles. The van der Waals surface area contributed by atoms with Crippen LogP contribution in [0.3, 0.4) is 0 Å². The average molecular weight is 517 g/mol. The molecule has 0 aromatic heterocycles. The summed E-state index contributed by atoms with van der Waals surface area (Å²) in [5, 5.41) is 0. The van der Waals surface area contributed by atoms with E-state index < -0.39 is 0 Å². The lowest BCUT2D eigenvalue weighted by Gasteiger charge is -2.50. The van der Waals surface area contributed by atoms with Crippen LogP contribution in [0.25, 0.3) is 0 Å². The smallest absolute Gasteiger partial charge is 0.202 e. The second-order valence-electron chi connectivity index (χ2n) is 12.9. The summed E-state index contributed by atoms with van der Waals surface area (Å²) in [6.07, 6.45) is 21.8. The van der Waals surface area contributed by atoms with Gasteiger partial charge in [-0.25, -0.2) is 0 Å². The second kappa shape index (κ2) is 13.7. The molecule has 1 fully saturated rings. The van der Waals surface area contributed by atoms with E-state index in [2.05, 4.69) is 91.8 Å². The molecule has 3 rings (SSSR count). The third-order valence-electron chi connectivity index (χ3n) is 9.40. The Morgan fingerprint density at radius 3 is 1.76 bits per heavy atom. The zero-order valence-corrected chi connectivity index (χ0v) is 25.4. The predicted molar refractivity (Wildman–Crippen MR) is 162 cm³/mol. The molecule has 1 saturated carbocycles. The summed E-state index contributed by atoms with van der Waals surface area (Å²) >= 11 is 0. The summed E-state index contributed by atoms with van der Waals surface area (Å²) in [5.74, 6) is 0.584. The SMILES string of the molecule is CC(C)=CCC/C(C)=C/CC1C(C)=CCC2C1C(=O)C(=O)C1CC=C(C)C(C/C=C(\C)CCC=C(C)C)C12. The first-order valence-electron chi connectivity index (χ1n) is 15.0. The van der Waals surface area contributed by atoms with Gasteiger partial charge in [0.05, 0.1) is 0 Å². The van der Waals surface area contributed by atoms with Gasteiger partial charge < -0.3 is 0 Å². The molecule has 2 heteroatoms. The topological polar surface area (TPSA) is 34.1 Å². The fourth-order valence-electron chi connectivity index (χ4n) is 7.12. The van der Waals surface area contributed by atoms with Crippen molar-refractivity contribution in [1.82, 2.24) is 0 Å². The number of carbonyl (C=O) groups excluding carboxylic acids is 2. The quantitative estimate of drug-likeness (QED) is 0.214. The fraction of sp³-hybridized carbons (Fsp3) is 0.611. The first-order valence-corrected chi connectivity index (χ1v) is 15.0. The van der Waals surface area contributed by atoms with Gasteiger partial charge in [0.25, 0.3) is 0 Å². The molecule has 6 atom stereocenters.